The molecule has 84 valence electrons. The van der Waals surface area contributed by atoms with Gasteiger partial charge in [0.1, 0.15) is 6.33 Å². The molecule has 1 aromatic rings. The van der Waals surface area contributed by atoms with Crippen LogP contribution < -0.4 is 10.1 Å². The molecule has 4 nitrogen and oxygen atoms in total. The van der Waals surface area contributed by atoms with Crippen molar-refractivity contribution in [1.82, 2.24) is 15.3 Å². The molecular formula is C11H19N3O. The van der Waals surface area contributed by atoms with Crippen LogP contribution in [0, 0.1) is 0 Å². The molecule has 0 amide bonds. The molecule has 0 aliphatic rings. The molecule has 0 radical (unpaired) electrons. The first-order valence-electron chi connectivity index (χ1n) is 5.43. The minimum Gasteiger partial charge on any atom is -0.478 e. The number of ether oxygens (including phenoxy) is 1. The number of rotatable bonds is 6. The number of nitrogens with zero attached hydrogens (tertiary/aromatic N) is 2. The average Bonchev–Trinajstić information content (AvgIpc) is 2.19. The van der Waals surface area contributed by atoms with Gasteiger partial charge in [0.2, 0.25) is 5.88 Å². The SMILES string of the molecule is CCNC(C)Cc1cc(OCC)ncn1. The topological polar surface area (TPSA) is 47.0 Å². The number of hydrogen-bond donors (Lipinski definition) is 1. The first-order chi connectivity index (χ1) is 7.26. The molecule has 1 heterocycles. The van der Waals surface area contributed by atoms with Crippen LogP contribution in [-0.4, -0.2) is 29.2 Å². The van der Waals surface area contributed by atoms with Crippen molar-refractivity contribution in [3.63, 3.8) is 0 Å². The average molecular weight is 209 g/mol. The van der Waals surface area contributed by atoms with E-state index in [9.17, 15) is 0 Å². The van der Waals surface area contributed by atoms with E-state index >= 15 is 0 Å². The molecule has 15 heavy (non-hydrogen) atoms. The summed E-state index contributed by atoms with van der Waals surface area (Å²) in [6, 6.07) is 2.33. The van der Waals surface area contributed by atoms with Gasteiger partial charge < -0.3 is 10.1 Å². The Bertz CT molecular complexity index is 291. The van der Waals surface area contributed by atoms with Gasteiger partial charge in [-0.3, -0.25) is 0 Å². The van der Waals surface area contributed by atoms with E-state index in [0.717, 1.165) is 18.7 Å². The van der Waals surface area contributed by atoms with Gasteiger partial charge in [0.15, 0.2) is 0 Å². The zero-order valence-corrected chi connectivity index (χ0v) is 9.66. The molecule has 4 heteroatoms. The Labute approximate surface area is 91.1 Å². The summed E-state index contributed by atoms with van der Waals surface area (Å²) in [5.41, 5.74) is 1.02. The molecule has 0 saturated carbocycles. The Kier molecular flexibility index (Phi) is 5.04. The Morgan fingerprint density at radius 3 is 2.87 bits per heavy atom. The highest BCUT2D eigenvalue weighted by atomic mass is 16.5. The van der Waals surface area contributed by atoms with Gasteiger partial charge in [-0.1, -0.05) is 6.92 Å². The fourth-order valence-corrected chi connectivity index (χ4v) is 1.45. The second kappa shape index (κ2) is 6.35. The maximum atomic E-state index is 5.32. The quantitative estimate of drug-likeness (QED) is 0.769. The van der Waals surface area contributed by atoms with E-state index in [1.165, 1.54) is 0 Å². The molecular weight excluding hydrogens is 190 g/mol. The Hall–Kier alpha value is -1.16. The molecule has 1 aromatic heterocycles. The van der Waals surface area contributed by atoms with E-state index in [1.54, 1.807) is 6.33 Å². The molecule has 1 N–H and O–H groups in total. The van der Waals surface area contributed by atoms with E-state index in [4.69, 9.17) is 4.74 Å². The molecule has 0 aliphatic heterocycles. The van der Waals surface area contributed by atoms with Crippen LogP contribution in [0.25, 0.3) is 0 Å². The van der Waals surface area contributed by atoms with E-state index in [0.29, 0.717) is 18.5 Å². The third-order valence-corrected chi connectivity index (χ3v) is 2.06. The van der Waals surface area contributed by atoms with Crippen LogP contribution in [0.1, 0.15) is 26.5 Å². The highest BCUT2D eigenvalue weighted by molar-refractivity contribution is 5.14. The van der Waals surface area contributed by atoms with Crippen LogP contribution in [0.15, 0.2) is 12.4 Å². The lowest BCUT2D eigenvalue weighted by Crippen LogP contribution is -2.27. The lowest BCUT2D eigenvalue weighted by molar-refractivity contribution is 0.325. The van der Waals surface area contributed by atoms with Crippen LogP contribution in [0.5, 0.6) is 5.88 Å². The van der Waals surface area contributed by atoms with E-state index < -0.39 is 0 Å². The van der Waals surface area contributed by atoms with E-state index in [1.807, 2.05) is 13.0 Å². The van der Waals surface area contributed by atoms with Gasteiger partial charge in [-0.05, 0) is 20.4 Å². The van der Waals surface area contributed by atoms with Gasteiger partial charge in [-0.2, -0.15) is 0 Å². The smallest absolute Gasteiger partial charge is 0.216 e. The maximum absolute atomic E-state index is 5.32. The second-order valence-corrected chi connectivity index (χ2v) is 3.44. The third kappa shape index (κ3) is 4.25. The van der Waals surface area contributed by atoms with Crippen molar-refractivity contribution >= 4 is 0 Å². The molecule has 0 fully saturated rings. The standard InChI is InChI=1S/C11H19N3O/c1-4-12-9(3)6-10-7-11(15-5-2)14-8-13-10/h7-9,12H,4-6H2,1-3H3. The highest BCUT2D eigenvalue weighted by Gasteiger charge is 2.04. The van der Waals surface area contributed by atoms with Gasteiger partial charge in [0, 0.05) is 24.2 Å². The van der Waals surface area contributed by atoms with Crippen molar-refractivity contribution in [2.75, 3.05) is 13.2 Å². The van der Waals surface area contributed by atoms with Crippen LogP contribution >= 0.6 is 0 Å². The van der Waals surface area contributed by atoms with Crippen molar-refractivity contribution in [1.29, 1.82) is 0 Å². The largest absolute Gasteiger partial charge is 0.478 e. The first kappa shape index (κ1) is 11.9. The van der Waals surface area contributed by atoms with Gasteiger partial charge in [0.25, 0.3) is 0 Å². The summed E-state index contributed by atoms with van der Waals surface area (Å²) in [6.07, 6.45) is 2.45. The zero-order valence-electron chi connectivity index (χ0n) is 9.66. The minimum atomic E-state index is 0.430. The summed E-state index contributed by atoms with van der Waals surface area (Å²) in [5.74, 6) is 0.659. The van der Waals surface area contributed by atoms with Crippen LogP contribution in [0.2, 0.25) is 0 Å². The van der Waals surface area contributed by atoms with Gasteiger partial charge >= 0.3 is 0 Å². The van der Waals surface area contributed by atoms with Crippen molar-refractivity contribution in [3.05, 3.63) is 18.1 Å². The minimum absolute atomic E-state index is 0.430. The summed E-state index contributed by atoms with van der Waals surface area (Å²) in [6.45, 7) is 7.81. The normalized spacial score (nSPS) is 12.5. The second-order valence-electron chi connectivity index (χ2n) is 3.44. The van der Waals surface area contributed by atoms with Gasteiger partial charge in [-0.15, -0.1) is 0 Å². The molecule has 0 saturated heterocycles. The summed E-state index contributed by atoms with van der Waals surface area (Å²) in [7, 11) is 0. The Morgan fingerprint density at radius 2 is 2.20 bits per heavy atom. The molecule has 1 unspecified atom stereocenters. The van der Waals surface area contributed by atoms with Crippen molar-refractivity contribution in [2.24, 2.45) is 0 Å². The Balaban J connectivity index is 2.56. The summed E-state index contributed by atoms with van der Waals surface area (Å²) >= 11 is 0. The lowest BCUT2D eigenvalue weighted by Gasteiger charge is -2.11. The number of likely N-dealkylation sites (N-methyl/N-ethyl adjacent to an activating group) is 1. The number of nitrogens with one attached hydrogen (secondary N) is 1. The summed E-state index contributed by atoms with van der Waals surface area (Å²) in [5, 5.41) is 3.34. The number of aromatic nitrogens is 2. The third-order valence-electron chi connectivity index (χ3n) is 2.06. The van der Waals surface area contributed by atoms with Crippen LogP contribution in [0.4, 0.5) is 0 Å². The van der Waals surface area contributed by atoms with Crippen molar-refractivity contribution in [3.8, 4) is 5.88 Å². The van der Waals surface area contributed by atoms with Gasteiger partial charge in [0.05, 0.1) is 6.61 Å². The fourth-order valence-electron chi connectivity index (χ4n) is 1.45. The van der Waals surface area contributed by atoms with Crippen molar-refractivity contribution in [2.45, 2.75) is 33.2 Å². The van der Waals surface area contributed by atoms with E-state index in [2.05, 4.69) is 29.1 Å². The molecule has 0 spiro atoms. The number of hydrogen-bond acceptors (Lipinski definition) is 4. The fraction of sp³-hybridized carbons (Fsp3) is 0.636. The van der Waals surface area contributed by atoms with Crippen LogP contribution in [0.3, 0.4) is 0 Å². The molecule has 0 aliphatic carbocycles. The molecule has 1 atom stereocenters. The predicted octanol–water partition coefficient (Wildman–Crippen LogP) is 1.42. The predicted molar refractivity (Wildman–Crippen MR) is 60.0 cm³/mol. The summed E-state index contributed by atoms with van der Waals surface area (Å²) in [4.78, 5) is 8.24. The molecule has 0 bridgehead atoms. The lowest BCUT2D eigenvalue weighted by atomic mass is 10.2. The molecule has 1 rings (SSSR count). The first-order valence-corrected chi connectivity index (χ1v) is 5.43. The highest BCUT2D eigenvalue weighted by Crippen LogP contribution is 2.08. The van der Waals surface area contributed by atoms with Gasteiger partial charge in [-0.25, -0.2) is 9.97 Å². The van der Waals surface area contributed by atoms with E-state index in [-0.39, 0.29) is 0 Å². The summed E-state index contributed by atoms with van der Waals surface area (Å²) < 4.78 is 5.32. The monoisotopic (exact) mass is 209 g/mol. The maximum Gasteiger partial charge on any atom is 0.216 e. The Morgan fingerprint density at radius 1 is 1.40 bits per heavy atom. The molecule has 0 aromatic carbocycles. The van der Waals surface area contributed by atoms with Crippen molar-refractivity contribution < 1.29 is 4.74 Å². The van der Waals surface area contributed by atoms with Crippen LogP contribution in [-0.2, 0) is 6.42 Å². The zero-order chi connectivity index (χ0) is 11.1.